The van der Waals surface area contributed by atoms with Crippen LogP contribution >= 0.6 is 0 Å². The minimum Gasteiger partial charge on any atom is -0.300 e. The Balaban J connectivity index is 0. The smallest absolute Gasteiger partial charge is 0.292 e. The molecule has 0 aromatic rings. The molecule has 0 aliphatic carbocycles. The molecule has 16 nitrogen and oxygen atoms in total. The molecule has 0 fully saturated rings. The van der Waals surface area contributed by atoms with Gasteiger partial charge in [0.15, 0.2) is 17.3 Å². The average molecular weight is 520 g/mol. The Hall–Kier alpha value is -1.68. The van der Waals surface area contributed by atoms with Gasteiger partial charge in [-0.15, -0.1) is 0 Å². The third kappa shape index (κ3) is 16.2. The first kappa shape index (κ1) is 30.5. The zero-order valence-electron chi connectivity index (χ0n) is 14.7. The largest absolute Gasteiger partial charge is 0.300 e. The van der Waals surface area contributed by atoms with E-state index >= 15 is 0 Å². The number of carbonyl (C=O) groups excluding carboxylic acids is 4. The van der Waals surface area contributed by atoms with Crippen LogP contribution in [0.4, 0.5) is 0 Å². The second kappa shape index (κ2) is 11.1. The standard InChI is InChI=1S/2C5H8O8S2/c6-4(2-14(8,9)10)1-5(7)3-15(11,12)13;1-3(6)2-4(7)5(14(8,9)10)15(11,12)13/h1-3H2,(H,8,9,10)(H,11,12,13);5H,2H2,1H3,(H,8,9,10)(H,11,12,13). The van der Waals surface area contributed by atoms with Crippen molar-refractivity contribution in [2.24, 2.45) is 0 Å². The van der Waals surface area contributed by atoms with Gasteiger partial charge in [-0.3, -0.25) is 37.4 Å². The molecule has 0 atom stereocenters. The van der Waals surface area contributed by atoms with Crippen molar-refractivity contribution in [3.63, 3.8) is 0 Å². The summed E-state index contributed by atoms with van der Waals surface area (Å²) in [5.74, 6) is -7.21. The Morgan fingerprint density at radius 3 is 1.13 bits per heavy atom. The van der Waals surface area contributed by atoms with Gasteiger partial charge < -0.3 is 0 Å². The third-order valence-corrected chi connectivity index (χ3v) is 6.75. The summed E-state index contributed by atoms with van der Waals surface area (Å²) in [4.78, 5) is 42.8. The molecule has 30 heavy (non-hydrogen) atoms. The van der Waals surface area contributed by atoms with Gasteiger partial charge in [0.2, 0.25) is 0 Å². The topological polar surface area (TPSA) is 286 Å². The van der Waals surface area contributed by atoms with Crippen LogP contribution in [0.25, 0.3) is 0 Å². The zero-order valence-corrected chi connectivity index (χ0v) is 18.0. The Bertz CT molecular complexity index is 1030. The van der Waals surface area contributed by atoms with E-state index in [2.05, 4.69) is 0 Å². The SMILES string of the molecule is CC(=O)CC(=O)C(S(=O)(=O)O)S(=O)(=O)O.O=C(CC(=O)CS(=O)(=O)O)CS(=O)(=O)O. The lowest BCUT2D eigenvalue weighted by Gasteiger charge is -2.07. The van der Waals surface area contributed by atoms with Crippen LogP contribution in [0.1, 0.15) is 19.8 Å². The van der Waals surface area contributed by atoms with Crippen LogP contribution in [0.15, 0.2) is 0 Å². The van der Waals surface area contributed by atoms with Gasteiger partial charge in [-0.05, 0) is 6.92 Å². The molecule has 4 N–H and O–H groups in total. The quantitative estimate of drug-likeness (QED) is 0.155. The van der Waals surface area contributed by atoms with Crippen LogP contribution in [0.3, 0.4) is 0 Å². The fourth-order valence-electron chi connectivity index (χ4n) is 1.54. The first-order valence-corrected chi connectivity index (χ1v) is 13.1. The fourth-order valence-corrected chi connectivity index (χ4v) is 4.62. The van der Waals surface area contributed by atoms with Crippen LogP contribution < -0.4 is 0 Å². The highest BCUT2D eigenvalue weighted by Gasteiger charge is 2.42. The normalized spacial score (nSPS) is 12.6. The summed E-state index contributed by atoms with van der Waals surface area (Å²) >= 11 is 0. The van der Waals surface area contributed by atoms with E-state index in [0.29, 0.717) is 0 Å². The first-order valence-electron chi connectivity index (χ1n) is 6.84. The van der Waals surface area contributed by atoms with Gasteiger partial charge in [0.25, 0.3) is 45.1 Å². The molecule has 0 aromatic carbocycles. The predicted octanol–water partition coefficient (Wildman–Crippen LogP) is -3.07. The van der Waals surface area contributed by atoms with Crippen LogP contribution in [0.5, 0.6) is 0 Å². The van der Waals surface area contributed by atoms with E-state index in [1.165, 1.54) is 0 Å². The minimum absolute atomic E-state index is 0.794. The fraction of sp³-hybridized carbons (Fsp3) is 0.600. The molecule has 0 aromatic heterocycles. The highest BCUT2D eigenvalue weighted by molar-refractivity contribution is 8.05. The average Bonchev–Trinajstić information content (AvgIpc) is 2.27. The van der Waals surface area contributed by atoms with Crippen LogP contribution in [-0.2, 0) is 59.7 Å². The molecule has 0 aliphatic rings. The van der Waals surface area contributed by atoms with E-state index in [1.54, 1.807) is 0 Å². The number of ketones is 4. The lowest BCUT2D eigenvalue weighted by molar-refractivity contribution is -0.126. The van der Waals surface area contributed by atoms with Crippen molar-refractivity contribution in [2.75, 3.05) is 11.5 Å². The van der Waals surface area contributed by atoms with E-state index in [4.69, 9.17) is 18.2 Å². The van der Waals surface area contributed by atoms with Gasteiger partial charge in [0.05, 0.1) is 12.8 Å². The van der Waals surface area contributed by atoms with Gasteiger partial charge in [-0.2, -0.15) is 33.7 Å². The van der Waals surface area contributed by atoms with Crippen molar-refractivity contribution >= 4 is 63.6 Å². The van der Waals surface area contributed by atoms with Crippen LogP contribution in [0, 0.1) is 0 Å². The summed E-state index contributed by atoms with van der Waals surface area (Å²) in [5.41, 5.74) is 0. The number of hydrogen-bond acceptors (Lipinski definition) is 12. The monoisotopic (exact) mass is 520 g/mol. The predicted molar refractivity (Wildman–Crippen MR) is 94.7 cm³/mol. The summed E-state index contributed by atoms with van der Waals surface area (Å²) in [7, 11) is -19.7. The molecule has 0 amide bonds. The maximum atomic E-state index is 10.9. The number of hydrogen-bond donors (Lipinski definition) is 4. The van der Waals surface area contributed by atoms with Gasteiger partial charge in [-0.25, -0.2) is 0 Å². The van der Waals surface area contributed by atoms with Crippen molar-refractivity contribution in [1.82, 2.24) is 0 Å². The minimum atomic E-state index is -5.31. The second-order valence-corrected chi connectivity index (χ2v) is 11.6. The molecule has 0 saturated heterocycles. The lowest BCUT2D eigenvalue weighted by Crippen LogP contribution is -2.38. The Kier molecular flexibility index (Phi) is 11.3. The number of rotatable bonds is 11. The highest BCUT2D eigenvalue weighted by Crippen LogP contribution is 2.10. The number of Topliss-reactive ketones (excluding diaryl/α,β-unsaturated/α-hetero) is 4. The van der Waals surface area contributed by atoms with Gasteiger partial charge in [0.1, 0.15) is 17.3 Å². The third-order valence-electron chi connectivity index (χ3n) is 2.31. The Morgan fingerprint density at radius 1 is 0.633 bits per heavy atom. The van der Waals surface area contributed by atoms with Crippen LogP contribution in [0.2, 0.25) is 0 Å². The summed E-state index contributed by atoms with van der Waals surface area (Å²) in [6, 6.07) is 0. The van der Waals surface area contributed by atoms with E-state index in [1.807, 2.05) is 0 Å². The maximum Gasteiger partial charge on any atom is 0.292 e. The first-order chi connectivity index (χ1) is 13.0. The van der Waals surface area contributed by atoms with Crippen molar-refractivity contribution in [2.45, 2.75) is 24.3 Å². The molecule has 0 radical (unpaired) electrons. The molecule has 20 heteroatoms. The lowest BCUT2D eigenvalue weighted by atomic mass is 10.2. The van der Waals surface area contributed by atoms with E-state index in [9.17, 15) is 52.8 Å². The van der Waals surface area contributed by atoms with E-state index in [0.717, 1.165) is 6.92 Å². The van der Waals surface area contributed by atoms with Crippen LogP contribution in [-0.4, -0.2) is 91.1 Å². The van der Waals surface area contributed by atoms with Crippen molar-refractivity contribution in [1.29, 1.82) is 0 Å². The van der Waals surface area contributed by atoms with Crippen molar-refractivity contribution in [3.05, 3.63) is 0 Å². The van der Waals surface area contributed by atoms with Crippen molar-refractivity contribution < 1.29 is 71.1 Å². The molecule has 0 heterocycles. The summed E-state index contributed by atoms with van der Waals surface area (Å²) < 4.78 is 113. The van der Waals surface area contributed by atoms with E-state index < -0.39 is 92.5 Å². The zero-order chi connectivity index (χ0) is 24.7. The van der Waals surface area contributed by atoms with Gasteiger partial charge >= 0.3 is 0 Å². The molecule has 0 saturated carbocycles. The van der Waals surface area contributed by atoms with Crippen molar-refractivity contribution in [3.8, 4) is 0 Å². The molecular weight excluding hydrogens is 504 g/mol. The molecule has 0 rings (SSSR count). The summed E-state index contributed by atoms with van der Waals surface area (Å²) in [5, 5.41) is 0. The molecular formula is C10H16O16S4. The summed E-state index contributed by atoms with van der Waals surface area (Å²) in [6.45, 7) is 0.920. The van der Waals surface area contributed by atoms with E-state index in [-0.39, 0.29) is 0 Å². The Labute approximate surface area is 170 Å². The second-order valence-electron chi connectivity index (χ2n) is 5.41. The molecule has 0 unspecified atom stereocenters. The molecule has 0 aliphatic heterocycles. The molecule has 0 bridgehead atoms. The maximum absolute atomic E-state index is 10.9. The van der Waals surface area contributed by atoms with Gasteiger partial charge in [-0.1, -0.05) is 0 Å². The molecule has 176 valence electrons. The number of carbonyl (C=O) groups is 4. The van der Waals surface area contributed by atoms with Gasteiger partial charge in [0, 0.05) is 0 Å². The Morgan fingerprint density at radius 2 is 0.933 bits per heavy atom. The highest BCUT2D eigenvalue weighted by atomic mass is 32.3. The molecule has 0 spiro atoms. The summed E-state index contributed by atoms with van der Waals surface area (Å²) in [6.07, 6.45) is -1.98.